The van der Waals surface area contributed by atoms with E-state index in [1.807, 2.05) is 0 Å². The summed E-state index contributed by atoms with van der Waals surface area (Å²) in [5, 5.41) is 12.7. The molecule has 0 saturated heterocycles. The van der Waals surface area contributed by atoms with Crippen LogP contribution in [0.4, 0.5) is 5.82 Å². The Balaban J connectivity index is 2.07. The normalized spacial score (nSPS) is 11.6. The Hall–Kier alpha value is -2.21. The number of carbonyl (C=O) groups is 1. The average Bonchev–Trinajstić information content (AvgIpc) is 2.66. The van der Waals surface area contributed by atoms with E-state index in [1.165, 1.54) is 0 Å². The van der Waals surface area contributed by atoms with Gasteiger partial charge in [-0.1, -0.05) is 36.7 Å². The highest BCUT2D eigenvalue weighted by atomic mass is 79.9. The largest absolute Gasteiger partial charge is 0.438 e. The summed E-state index contributed by atoms with van der Waals surface area (Å²) >= 11 is 3.30. The van der Waals surface area contributed by atoms with E-state index in [2.05, 4.69) is 66.2 Å². The molecular weight excluding hydrogens is 450 g/mol. The number of hydrogen-bond acceptors (Lipinski definition) is 6. The van der Waals surface area contributed by atoms with Gasteiger partial charge in [0, 0.05) is 16.6 Å². The lowest BCUT2D eigenvalue weighted by molar-refractivity contribution is 0.112. The number of pyridine rings is 1. The van der Waals surface area contributed by atoms with Gasteiger partial charge in [-0.25, -0.2) is 0 Å². The average molecular weight is 476 g/mol. The molecule has 0 amide bonds. The molecule has 1 N–H and O–H groups in total. The van der Waals surface area contributed by atoms with Gasteiger partial charge < -0.3 is 14.5 Å². The second kappa shape index (κ2) is 9.52. The lowest BCUT2D eigenvalue weighted by Crippen LogP contribution is -2.41. The molecule has 1 aromatic carbocycles. The van der Waals surface area contributed by atoms with Crippen LogP contribution in [-0.2, 0) is 4.43 Å². The predicted octanol–water partition coefficient (Wildman–Crippen LogP) is 5.75. The SMILES string of the molecule is CC(C)(C)[Si](C)(C)OCCNc1ccc(C#N)c(Oc2ccc(Br)c(C=O)c2)n1. The number of nitrogens with one attached hydrogen (secondary N) is 1. The van der Waals surface area contributed by atoms with Crippen LogP contribution in [0.2, 0.25) is 18.1 Å². The number of anilines is 1. The second-order valence-electron chi connectivity index (χ2n) is 8.10. The van der Waals surface area contributed by atoms with Crippen LogP contribution >= 0.6 is 15.9 Å². The first-order valence-corrected chi connectivity index (χ1v) is 13.0. The minimum atomic E-state index is -1.79. The van der Waals surface area contributed by atoms with Gasteiger partial charge in [0.2, 0.25) is 5.88 Å². The van der Waals surface area contributed by atoms with Crippen molar-refractivity contribution in [3.63, 3.8) is 0 Å². The quantitative estimate of drug-likeness (QED) is 0.297. The number of ether oxygens (including phenoxy) is 1. The van der Waals surface area contributed by atoms with Crippen molar-refractivity contribution in [1.82, 2.24) is 4.98 Å². The van der Waals surface area contributed by atoms with Crippen LogP contribution in [-0.4, -0.2) is 32.7 Å². The third-order valence-electron chi connectivity index (χ3n) is 4.97. The molecule has 0 aliphatic rings. The summed E-state index contributed by atoms with van der Waals surface area (Å²) in [6, 6.07) is 10.5. The molecule has 2 aromatic rings. The van der Waals surface area contributed by atoms with Gasteiger partial charge in [-0.2, -0.15) is 10.2 Å². The summed E-state index contributed by atoms with van der Waals surface area (Å²) in [7, 11) is -1.79. The van der Waals surface area contributed by atoms with Gasteiger partial charge in [0.1, 0.15) is 23.2 Å². The summed E-state index contributed by atoms with van der Waals surface area (Å²) in [6.07, 6.45) is 0.732. The molecule has 6 nitrogen and oxygen atoms in total. The summed E-state index contributed by atoms with van der Waals surface area (Å²) < 4.78 is 12.6. The minimum Gasteiger partial charge on any atom is -0.438 e. The summed E-state index contributed by atoms with van der Waals surface area (Å²) in [6.45, 7) is 12.2. The molecule has 0 aliphatic carbocycles. The third-order valence-corrected chi connectivity index (χ3v) is 10.2. The standard InChI is InChI=1S/C21H26BrN3O3Si/c1-21(2,3)29(4,5)27-11-10-24-19-9-6-15(13-23)20(25-19)28-17-7-8-18(22)16(12-17)14-26/h6-9,12,14H,10-11H2,1-5H3,(H,24,25). The first-order valence-electron chi connectivity index (χ1n) is 9.29. The van der Waals surface area contributed by atoms with Crippen LogP contribution in [0.15, 0.2) is 34.8 Å². The van der Waals surface area contributed by atoms with E-state index in [-0.39, 0.29) is 10.9 Å². The monoisotopic (exact) mass is 475 g/mol. The lowest BCUT2D eigenvalue weighted by Gasteiger charge is -2.36. The van der Waals surface area contributed by atoms with Crippen molar-refractivity contribution in [2.24, 2.45) is 0 Å². The van der Waals surface area contributed by atoms with Gasteiger partial charge in [0.15, 0.2) is 14.6 Å². The minimum absolute atomic E-state index is 0.158. The van der Waals surface area contributed by atoms with Gasteiger partial charge in [-0.15, -0.1) is 0 Å². The first-order chi connectivity index (χ1) is 13.6. The van der Waals surface area contributed by atoms with Crippen molar-refractivity contribution in [1.29, 1.82) is 5.26 Å². The van der Waals surface area contributed by atoms with Crippen molar-refractivity contribution in [3.05, 3.63) is 45.9 Å². The van der Waals surface area contributed by atoms with E-state index in [4.69, 9.17) is 9.16 Å². The molecule has 1 aromatic heterocycles. The van der Waals surface area contributed by atoms with E-state index in [1.54, 1.807) is 30.3 Å². The van der Waals surface area contributed by atoms with Gasteiger partial charge in [-0.3, -0.25) is 4.79 Å². The number of hydrogen-bond donors (Lipinski definition) is 1. The van der Waals surface area contributed by atoms with Crippen LogP contribution in [0.25, 0.3) is 0 Å². The molecule has 0 bridgehead atoms. The van der Waals surface area contributed by atoms with Crippen molar-refractivity contribution >= 4 is 36.4 Å². The lowest BCUT2D eigenvalue weighted by atomic mass is 10.2. The Morgan fingerprint density at radius 3 is 2.62 bits per heavy atom. The molecule has 0 radical (unpaired) electrons. The molecule has 0 saturated carbocycles. The van der Waals surface area contributed by atoms with Gasteiger partial charge in [0.05, 0.1) is 6.61 Å². The fraction of sp³-hybridized carbons (Fsp3) is 0.381. The van der Waals surface area contributed by atoms with E-state index in [9.17, 15) is 10.1 Å². The fourth-order valence-electron chi connectivity index (χ4n) is 2.19. The van der Waals surface area contributed by atoms with Crippen molar-refractivity contribution in [3.8, 4) is 17.7 Å². The molecule has 0 atom stereocenters. The van der Waals surface area contributed by atoms with Crippen LogP contribution in [0.1, 0.15) is 36.7 Å². The number of aromatic nitrogens is 1. The Kier molecular flexibility index (Phi) is 7.58. The molecule has 154 valence electrons. The number of carbonyl (C=O) groups excluding carboxylic acids is 1. The van der Waals surface area contributed by atoms with E-state index >= 15 is 0 Å². The highest BCUT2D eigenvalue weighted by Crippen LogP contribution is 2.36. The number of nitrogens with zero attached hydrogens (tertiary/aromatic N) is 2. The van der Waals surface area contributed by atoms with Crippen molar-refractivity contribution in [2.45, 2.75) is 38.9 Å². The molecule has 0 unspecified atom stereocenters. The molecule has 2 rings (SSSR count). The molecule has 29 heavy (non-hydrogen) atoms. The van der Waals surface area contributed by atoms with Crippen LogP contribution in [0.3, 0.4) is 0 Å². The molecular formula is C21H26BrN3O3Si. The molecule has 1 heterocycles. The zero-order chi connectivity index (χ0) is 21.7. The first kappa shape index (κ1) is 23.1. The van der Waals surface area contributed by atoms with Crippen LogP contribution in [0, 0.1) is 11.3 Å². The Morgan fingerprint density at radius 2 is 2.00 bits per heavy atom. The number of aldehydes is 1. The van der Waals surface area contributed by atoms with E-state index in [0.29, 0.717) is 40.3 Å². The van der Waals surface area contributed by atoms with Crippen molar-refractivity contribution in [2.75, 3.05) is 18.5 Å². The van der Waals surface area contributed by atoms with Crippen LogP contribution in [0.5, 0.6) is 11.6 Å². The number of benzene rings is 1. The predicted molar refractivity (Wildman–Crippen MR) is 120 cm³/mol. The fourth-order valence-corrected chi connectivity index (χ4v) is 3.58. The van der Waals surface area contributed by atoms with Crippen molar-refractivity contribution < 1.29 is 14.0 Å². The maximum absolute atomic E-state index is 11.1. The maximum atomic E-state index is 11.1. The number of halogens is 1. The zero-order valence-electron chi connectivity index (χ0n) is 17.4. The van der Waals surface area contributed by atoms with E-state index in [0.717, 1.165) is 6.29 Å². The Bertz CT molecular complexity index is 920. The van der Waals surface area contributed by atoms with Crippen LogP contribution < -0.4 is 10.1 Å². The topological polar surface area (TPSA) is 84.2 Å². The van der Waals surface area contributed by atoms with Gasteiger partial charge in [-0.05, 0) is 48.5 Å². The molecule has 0 spiro atoms. The summed E-state index contributed by atoms with van der Waals surface area (Å²) in [5.74, 6) is 1.20. The van der Waals surface area contributed by atoms with Gasteiger partial charge >= 0.3 is 0 Å². The Labute approximate surface area is 181 Å². The summed E-state index contributed by atoms with van der Waals surface area (Å²) in [4.78, 5) is 15.5. The highest BCUT2D eigenvalue weighted by molar-refractivity contribution is 9.10. The molecule has 0 aliphatic heterocycles. The third kappa shape index (κ3) is 6.13. The Morgan fingerprint density at radius 1 is 1.28 bits per heavy atom. The smallest absolute Gasteiger partial charge is 0.239 e. The molecule has 8 heteroatoms. The summed E-state index contributed by atoms with van der Waals surface area (Å²) in [5.41, 5.74) is 0.765. The zero-order valence-corrected chi connectivity index (χ0v) is 20.0. The molecule has 0 fully saturated rings. The van der Waals surface area contributed by atoms with Gasteiger partial charge in [0.25, 0.3) is 0 Å². The highest BCUT2D eigenvalue weighted by Gasteiger charge is 2.36. The number of rotatable bonds is 8. The maximum Gasteiger partial charge on any atom is 0.239 e. The second-order valence-corrected chi connectivity index (χ2v) is 13.8. The number of nitriles is 1. The van der Waals surface area contributed by atoms with E-state index < -0.39 is 8.32 Å².